The lowest BCUT2D eigenvalue weighted by molar-refractivity contribution is 1.24. The van der Waals surface area contributed by atoms with Crippen molar-refractivity contribution in [2.45, 2.75) is 13.3 Å². The zero-order valence-corrected chi connectivity index (χ0v) is 9.93. The fourth-order valence-electron chi connectivity index (χ4n) is 1.60. The van der Waals surface area contributed by atoms with E-state index < -0.39 is 0 Å². The lowest BCUT2D eigenvalue weighted by Gasteiger charge is -2.03. The van der Waals surface area contributed by atoms with Crippen LogP contribution in [-0.2, 0) is 6.42 Å². The molecule has 0 bridgehead atoms. The van der Waals surface area contributed by atoms with Gasteiger partial charge in [0.1, 0.15) is 0 Å². The van der Waals surface area contributed by atoms with Gasteiger partial charge >= 0.3 is 0 Å². The van der Waals surface area contributed by atoms with Gasteiger partial charge in [-0.15, -0.1) is 0 Å². The second-order valence-electron chi connectivity index (χ2n) is 3.99. The summed E-state index contributed by atoms with van der Waals surface area (Å²) in [5.41, 5.74) is 6.42. The number of rotatable bonds is 4. The van der Waals surface area contributed by atoms with E-state index in [1.165, 1.54) is 5.56 Å². The van der Waals surface area contributed by atoms with E-state index >= 15 is 0 Å². The molecule has 0 amide bonds. The molecule has 0 aliphatic rings. The maximum absolute atomic E-state index is 4.36. The highest BCUT2D eigenvalue weighted by atomic mass is 15.3. The lowest BCUT2D eigenvalue weighted by atomic mass is 10.1. The molecule has 2 heteroatoms. The van der Waals surface area contributed by atoms with Crippen LogP contribution in [0.15, 0.2) is 65.8 Å². The molecule has 0 saturated carbocycles. The molecular weight excluding hydrogens is 208 g/mol. The highest BCUT2D eigenvalue weighted by Crippen LogP contribution is 2.06. The van der Waals surface area contributed by atoms with Gasteiger partial charge in [0.2, 0.25) is 0 Å². The van der Waals surface area contributed by atoms with Gasteiger partial charge in [-0.3, -0.25) is 5.43 Å². The average molecular weight is 224 g/mol. The molecular formula is C15H16N2. The summed E-state index contributed by atoms with van der Waals surface area (Å²) in [5, 5.41) is 4.36. The summed E-state index contributed by atoms with van der Waals surface area (Å²) in [6.07, 6.45) is 0.876. The van der Waals surface area contributed by atoms with Crippen molar-refractivity contribution in [1.82, 2.24) is 0 Å². The van der Waals surface area contributed by atoms with Crippen LogP contribution in [0.4, 0.5) is 5.69 Å². The number of benzene rings is 2. The van der Waals surface area contributed by atoms with Crippen molar-refractivity contribution >= 4 is 11.4 Å². The molecule has 0 radical (unpaired) electrons. The Morgan fingerprint density at radius 2 is 1.53 bits per heavy atom. The smallest absolute Gasteiger partial charge is 0.0561 e. The predicted molar refractivity (Wildman–Crippen MR) is 73.3 cm³/mol. The second kappa shape index (κ2) is 5.85. The maximum atomic E-state index is 4.36. The minimum absolute atomic E-state index is 0.876. The van der Waals surface area contributed by atoms with Gasteiger partial charge in [-0.25, -0.2) is 0 Å². The molecule has 0 aliphatic carbocycles. The lowest BCUT2D eigenvalue weighted by Crippen LogP contribution is -2.01. The van der Waals surface area contributed by atoms with Gasteiger partial charge < -0.3 is 0 Å². The van der Waals surface area contributed by atoms with Gasteiger partial charge in [0.25, 0.3) is 0 Å². The van der Waals surface area contributed by atoms with E-state index in [0.717, 1.165) is 17.8 Å². The highest BCUT2D eigenvalue weighted by molar-refractivity contribution is 5.84. The first-order valence-corrected chi connectivity index (χ1v) is 5.73. The molecule has 0 heterocycles. The molecule has 0 aromatic heterocycles. The summed E-state index contributed by atoms with van der Waals surface area (Å²) in [6.45, 7) is 2.03. The topological polar surface area (TPSA) is 24.4 Å². The van der Waals surface area contributed by atoms with Crippen molar-refractivity contribution in [1.29, 1.82) is 0 Å². The van der Waals surface area contributed by atoms with Crippen LogP contribution in [0.1, 0.15) is 12.5 Å². The van der Waals surface area contributed by atoms with Gasteiger partial charge in [-0.05, 0) is 24.6 Å². The van der Waals surface area contributed by atoms with Crippen LogP contribution < -0.4 is 5.43 Å². The van der Waals surface area contributed by atoms with E-state index in [1.807, 2.05) is 55.5 Å². The summed E-state index contributed by atoms with van der Waals surface area (Å²) in [7, 11) is 0. The van der Waals surface area contributed by atoms with E-state index in [1.54, 1.807) is 0 Å². The Morgan fingerprint density at radius 1 is 0.941 bits per heavy atom. The van der Waals surface area contributed by atoms with E-state index in [-0.39, 0.29) is 0 Å². The molecule has 17 heavy (non-hydrogen) atoms. The van der Waals surface area contributed by atoms with Gasteiger partial charge in [-0.1, -0.05) is 48.5 Å². The van der Waals surface area contributed by atoms with E-state index in [2.05, 4.69) is 22.7 Å². The normalized spacial score (nSPS) is 11.2. The van der Waals surface area contributed by atoms with Crippen LogP contribution in [0.3, 0.4) is 0 Å². The minimum Gasteiger partial charge on any atom is -0.279 e. The fraction of sp³-hybridized carbons (Fsp3) is 0.133. The fourth-order valence-corrected chi connectivity index (χ4v) is 1.60. The molecule has 0 unspecified atom stereocenters. The zero-order valence-electron chi connectivity index (χ0n) is 9.93. The Hall–Kier alpha value is -2.09. The van der Waals surface area contributed by atoms with Crippen LogP contribution in [0.5, 0.6) is 0 Å². The zero-order chi connectivity index (χ0) is 11.9. The van der Waals surface area contributed by atoms with E-state index in [0.29, 0.717) is 0 Å². The molecule has 0 atom stereocenters. The number of anilines is 1. The van der Waals surface area contributed by atoms with Crippen LogP contribution in [0.25, 0.3) is 0 Å². The van der Waals surface area contributed by atoms with Crippen molar-refractivity contribution in [2.75, 3.05) is 5.43 Å². The van der Waals surface area contributed by atoms with Gasteiger partial charge in [0, 0.05) is 12.1 Å². The van der Waals surface area contributed by atoms with Crippen LogP contribution in [0.2, 0.25) is 0 Å². The molecule has 2 nitrogen and oxygen atoms in total. The van der Waals surface area contributed by atoms with Crippen LogP contribution >= 0.6 is 0 Å². The molecule has 0 fully saturated rings. The van der Waals surface area contributed by atoms with Crippen molar-refractivity contribution < 1.29 is 0 Å². The number of hydrazone groups is 1. The third kappa shape index (κ3) is 3.76. The Labute approximate surface area is 102 Å². The Bertz CT molecular complexity index is 475. The van der Waals surface area contributed by atoms with Gasteiger partial charge in [0.05, 0.1) is 5.69 Å². The summed E-state index contributed by atoms with van der Waals surface area (Å²) in [4.78, 5) is 0. The largest absolute Gasteiger partial charge is 0.279 e. The van der Waals surface area contributed by atoms with Crippen molar-refractivity contribution in [2.24, 2.45) is 5.10 Å². The van der Waals surface area contributed by atoms with Crippen molar-refractivity contribution in [3.8, 4) is 0 Å². The molecule has 0 saturated heterocycles. The summed E-state index contributed by atoms with van der Waals surface area (Å²) >= 11 is 0. The monoisotopic (exact) mass is 224 g/mol. The molecule has 2 rings (SSSR count). The molecule has 0 aliphatic heterocycles. The van der Waals surface area contributed by atoms with Crippen molar-refractivity contribution in [3.05, 3.63) is 66.2 Å². The standard InChI is InChI=1S/C15H16N2/c1-13(12-14-8-4-2-5-9-14)16-17-15-10-6-3-7-11-15/h2-11,17H,12H2,1H3/b16-13-. The Morgan fingerprint density at radius 3 is 2.18 bits per heavy atom. The Kier molecular flexibility index (Phi) is 3.92. The molecule has 2 aromatic rings. The van der Waals surface area contributed by atoms with Crippen molar-refractivity contribution in [3.63, 3.8) is 0 Å². The SMILES string of the molecule is C/C(Cc1ccccc1)=N/Nc1ccccc1. The first-order chi connectivity index (χ1) is 8.34. The molecule has 1 N–H and O–H groups in total. The quantitative estimate of drug-likeness (QED) is 0.621. The number of nitrogens with zero attached hydrogens (tertiary/aromatic N) is 1. The minimum atomic E-state index is 0.876. The summed E-state index contributed by atoms with van der Waals surface area (Å²) in [6, 6.07) is 20.3. The molecule has 86 valence electrons. The third-order valence-corrected chi connectivity index (χ3v) is 2.45. The molecule has 2 aromatic carbocycles. The first kappa shape index (κ1) is 11.4. The number of para-hydroxylation sites is 1. The predicted octanol–water partition coefficient (Wildman–Crippen LogP) is 3.72. The number of hydrogen-bond acceptors (Lipinski definition) is 2. The first-order valence-electron chi connectivity index (χ1n) is 5.73. The van der Waals surface area contributed by atoms with Gasteiger partial charge in [-0.2, -0.15) is 5.10 Å². The van der Waals surface area contributed by atoms with Crippen LogP contribution in [0, 0.1) is 0 Å². The molecule has 0 spiro atoms. The average Bonchev–Trinajstić information content (AvgIpc) is 2.39. The third-order valence-electron chi connectivity index (χ3n) is 2.45. The number of nitrogens with one attached hydrogen (secondary N) is 1. The van der Waals surface area contributed by atoms with Crippen LogP contribution in [-0.4, -0.2) is 5.71 Å². The van der Waals surface area contributed by atoms with E-state index in [9.17, 15) is 0 Å². The van der Waals surface area contributed by atoms with E-state index in [4.69, 9.17) is 0 Å². The van der Waals surface area contributed by atoms with Gasteiger partial charge in [0.15, 0.2) is 0 Å². The summed E-state index contributed by atoms with van der Waals surface area (Å²) in [5.74, 6) is 0. The summed E-state index contributed by atoms with van der Waals surface area (Å²) < 4.78 is 0. The highest BCUT2D eigenvalue weighted by Gasteiger charge is 1.95. The number of hydrogen-bond donors (Lipinski definition) is 1. The second-order valence-corrected chi connectivity index (χ2v) is 3.99. The maximum Gasteiger partial charge on any atom is 0.0561 e. The Balaban J connectivity index is 1.94.